The molecule has 114 valence electrons. The van der Waals surface area contributed by atoms with Gasteiger partial charge in [-0.3, -0.25) is 10.1 Å². The van der Waals surface area contributed by atoms with Crippen molar-refractivity contribution in [3.8, 4) is 5.75 Å². The third kappa shape index (κ3) is 4.52. The molecule has 3 N–H and O–H groups in total. The first-order chi connectivity index (χ1) is 10.5. The molecule has 0 fully saturated rings. The summed E-state index contributed by atoms with van der Waals surface area (Å²) in [4.78, 5) is 22.6. The van der Waals surface area contributed by atoms with Crippen LogP contribution in [0.5, 0.6) is 5.75 Å². The van der Waals surface area contributed by atoms with Gasteiger partial charge < -0.3 is 15.2 Å². The molecule has 0 spiro atoms. The number of amides is 2. The molecule has 6 nitrogen and oxygen atoms in total. The zero-order valence-electron chi connectivity index (χ0n) is 12.0. The zero-order chi connectivity index (χ0) is 15.9. The first kappa shape index (κ1) is 15.4. The fourth-order valence-electron chi connectivity index (χ4n) is 1.76. The molecular formula is C16H16N2O4. The van der Waals surface area contributed by atoms with Crippen molar-refractivity contribution in [3.05, 3.63) is 54.1 Å². The number of benzene rings is 2. The minimum absolute atomic E-state index is 0.0286. The van der Waals surface area contributed by atoms with E-state index in [0.717, 1.165) is 5.56 Å². The third-order valence-corrected chi connectivity index (χ3v) is 2.79. The summed E-state index contributed by atoms with van der Waals surface area (Å²) in [6, 6.07) is 13.3. The van der Waals surface area contributed by atoms with E-state index in [1.54, 1.807) is 42.5 Å². The highest BCUT2D eigenvalue weighted by molar-refractivity contribution is 5.88. The number of hydrogen-bond donors (Lipinski definition) is 3. The summed E-state index contributed by atoms with van der Waals surface area (Å²) in [7, 11) is 0. The number of phenolic OH excluding ortho intramolecular Hbond substituents is 1. The Kier molecular flexibility index (Phi) is 4.98. The van der Waals surface area contributed by atoms with Gasteiger partial charge in [0.25, 0.3) is 0 Å². The number of anilines is 2. The van der Waals surface area contributed by atoms with Gasteiger partial charge in [0.15, 0.2) is 0 Å². The van der Waals surface area contributed by atoms with Crippen LogP contribution in [0.15, 0.2) is 48.5 Å². The van der Waals surface area contributed by atoms with Crippen molar-refractivity contribution in [2.45, 2.75) is 13.5 Å². The van der Waals surface area contributed by atoms with Gasteiger partial charge in [0.1, 0.15) is 12.4 Å². The average molecular weight is 300 g/mol. The fraction of sp³-hybridized carbons (Fsp3) is 0.125. The van der Waals surface area contributed by atoms with E-state index in [2.05, 4.69) is 10.6 Å². The van der Waals surface area contributed by atoms with Crippen LogP contribution in [0.2, 0.25) is 0 Å². The van der Waals surface area contributed by atoms with Gasteiger partial charge in [-0.05, 0) is 29.8 Å². The van der Waals surface area contributed by atoms with E-state index >= 15 is 0 Å². The molecule has 0 saturated carbocycles. The summed E-state index contributed by atoms with van der Waals surface area (Å²) in [6.07, 6.45) is -0.660. The van der Waals surface area contributed by atoms with Crippen LogP contribution in [0.1, 0.15) is 12.5 Å². The quantitative estimate of drug-likeness (QED) is 0.757. The number of aromatic hydroxyl groups is 1. The highest BCUT2D eigenvalue weighted by Gasteiger charge is 2.07. The van der Waals surface area contributed by atoms with Gasteiger partial charge in [-0.15, -0.1) is 0 Å². The van der Waals surface area contributed by atoms with Crippen molar-refractivity contribution in [1.82, 2.24) is 0 Å². The molecule has 2 amide bonds. The summed E-state index contributed by atoms with van der Waals surface area (Å²) < 4.78 is 5.06. The van der Waals surface area contributed by atoms with Crippen LogP contribution >= 0.6 is 0 Å². The van der Waals surface area contributed by atoms with E-state index in [0.29, 0.717) is 5.69 Å². The van der Waals surface area contributed by atoms with Gasteiger partial charge in [0.05, 0.1) is 5.69 Å². The second-order valence-electron chi connectivity index (χ2n) is 4.60. The number of carbonyl (C=O) groups excluding carboxylic acids is 2. The maximum atomic E-state index is 11.6. The largest absolute Gasteiger partial charge is 0.506 e. The second-order valence-corrected chi connectivity index (χ2v) is 4.60. The van der Waals surface area contributed by atoms with Crippen LogP contribution in [0.3, 0.4) is 0 Å². The van der Waals surface area contributed by atoms with E-state index in [1.807, 2.05) is 0 Å². The van der Waals surface area contributed by atoms with E-state index in [4.69, 9.17) is 4.74 Å². The summed E-state index contributed by atoms with van der Waals surface area (Å²) in [5, 5.41) is 14.6. The van der Waals surface area contributed by atoms with E-state index in [1.165, 1.54) is 13.0 Å². The van der Waals surface area contributed by atoms with Gasteiger partial charge in [0.2, 0.25) is 5.91 Å². The Labute approximate surface area is 127 Å². The Morgan fingerprint density at radius 2 is 1.73 bits per heavy atom. The smallest absolute Gasteiger partial charge is 0.412 e. The third-order valence-electron chi connectivity index (χ3n) is 2.79. The van der Waals surface area contributed by atoms with Crippen LogP contribution in [-0.2, 0) is 16.1 Å². The number of phenols is 1. The number of hydrogen-bond acceptors (Lipinski definition) is 4. The number of rotatable bonds is 4. The topological polar surface area (TPSA) is 87.7 Å². The first-order valence-corrected chi connectivity index (χ1v) is 6.63. The number of ether oxygens (including phenoxy) is 1. The minimum Gasteiger partial charge on any atom is -0.506 e. The predicted octanol–water partition coefficient (Wildman–Crippen LogP) is 3.10. The van der Waals surface area contributed by atoms with Crippen molar-refractivity contribution in [2.24, 2.45) is 0 Å². The zero-order valence-corrected chi connectivity index (χ0v) is 12.0. The predicted molar refractivity (Wildman–Crippen MR) is 82.7 cm³/mol. The van der Waals surface area contributed by atoms with Gasteiger partial charge in [-0.2, -0.15) is 0 Å². The monoisotopic (exact) mass is 300 g/mol. The van der Waals surface area contributed by atoms with E-state index in [-0.39, 0.29) is 24.0 Å². The van der Waals surface area contributed by atoms with Gasteiger partial charge >= 0.3 is 6.09 Å². The van der Waals surface area contributed by atoms with Crippen LogP contribution in [0, 0.1) is 0 Å². The van der Waals surface area contributed by atoms with Crippen molar-refractivity contribution in [2.75, 3.05) is 10.6 Å². The van der Waals surface area contributed by atoms with Gasteiger partial charge in [-0.25, -0.2) is 4.79 Å². The first-order valence-electron chi connectivity index (χ1n) is 6.63. The lowest BCUT2D eigenvalue weighted by molar-refractivity contribution is -0.114. The lowest BCUT2D eigenvalue weighted by Gasteiger charge is -2.09. The standard InChI is InChI=1S/C16H16N2O4/c1-11(19)17-13-8-6-12(7-9-13)10-22-16(21)18-14-4-2-3-5-15(14)20/h2-9,20H,10H2,1H3,(H,17,19)(H,18,21). The minimum atomic E-state index is -0.660. The summed E-state index contributed by atoms with van der Waals surface area (Å²) in [6.45, 7) is 1.51. The lowest BCUT2D eigenvalue weighted by Crippen LogP contribution is -2.13. The Morgan fingerprint density at radius 3 is 2.36 bits per heavy atom. The molecule has 2 aromatic carbocycles. The SMILES string of the molecule is CC(=O)Nc1ccc(COC(=O)Nc2ccccc2O)cc1. The van der Waals surface area contributed by atoms with Crippen LogP contribution in [-0.4, -0.2) is 17.1 Å². The average Bonchev–Trinajstić information content (AvgIpc) is 2.48. The molecule has 0 atom stereocenters. The van der Waals surface area contributed by atoms with Crippen molar-refractivity contribution < 1.29 is 19.4 Å². The van der Waals surface area contributed by atoms with Crippen LogP contribution in [0.4, 0.5) is 16.2 Å². The highest BCUT2D eigenvalue weighted by Crippen LogP contribution is 2.21. The molecular weight excluding hydrogens is 284 g/mol. The van der Waals surface area contributed by atoms with Crippen molar-refractivity contribution in [3.63, 3.8) is 0 Å². The molecule has 0 aliphatic rings. The molecule has 0 aliphatic heterocycles. The highest BCUT2D eigenvalue weighted by atomic mass is 16.5. The maximum absolute atomic E-state index is 11.6. The molecule has 6 heteroatoms. The van der Waals surface area contributed by atoms with Crippen LogP contribution < -0.4 is 10.6 Å². The van der Waals surface area contributed by atoms with Gasteiger partial charge in [-0.1, -0.05) is 24.3 Å². The molecule has 22 heavy (non-hydrogen) atoms. The molecule has 2 aromatic rings. The molecule has 0 radical (unpaired) electrons. The molecule has 0 bridgehead atoms. The number of carbonyl (C=O) groups is 2. The van der Waals surface area contributed by atoms with Crippen LogP contribution in [0.25, 0.3) is 0 Å². The van der Waals surface area contributed by atoms with Gasteiger partial charge in [0, 0.05) is 12.6 Å². The normalized spacial score (nSPS) is 9.86. The number of nitrogens with one attached hydrogen (secondary N) is 2. The fourth-order valence-corrected chi connectivity index (χ4v) is 1.76. The summed E-state index contributed by atoms with van der Waals surface area (Å²) in [5.74, 6) is -0.176. The molecule has 2 rings (SSSR count). The second kappa shape index (κ2) is 7.12. The Balaban J connectivity index is 1.86. The molecule has 0 unspecified atom stereocenters. The Morgan fingerprint density at radius 1 is 1.05 bits per heavy atom. The number of para-hydroxylation sites is 2. The molecule has 0 aliphatic carbocycles. The van der Waals surface area contributed by atoms with Crippen molar-refractivity contribution >= 4 is 23.4 Å². The lowest BCUT2D eigenvalue weighted by atomic mass is 10.2. The summed E-state index contributed by atoms with van der Waals surface area (Å²) in [5.41, 5.74) is 1.74. The van der Waals surface area contributed by atoms with E-state index in [9.17, 15) is 14.7 Å². The van der Waals surface area contributed by atoms with E-state index < -0.39 is 6.09 Å². The Hall–Kier alpha value is -3.02. The molecule has 0 heterocycles. The maximum Gasteiger partial charge on any atom is 0.412 e. The molecule has 0 saturated heterocycles. The van der Waals surface area contributed by atoms with Crippen molar-refractivity contribution in [1.29, 1.82) is 0 Å². The molecule has 0 aromatic heterocycles. The summed E-state index contributed by atoms with van der Waals surface area (Å²) >= 11 is 0. The Bertz CT molecular complexity index is 668.